The maximum atomic E-state index is 14.0. The molecule has 0 radical (unpaired) electrons. The van der Waals surface area contributed by atoms with Crippen LogP contribution in [0.15, 0.2) is 53.0 Å². The molecule has 42 heavy (non-hydrogen) atoms. The Kier molecular flexibility index (Phi) is 7.13. The van der Waals surface area contributed by atoms with Crippen molar-refractivity contribution in [3.05, 3.63) is 80.8 Å². The fourth-order valence-corrected chi connectivity index (χ4v) is 6.62. The molecule has 3 aliphatic carbocycles. The number of amides is 1. The van der Waals surface area contributed by atoms with E-state index in [2.05, 4.69) is 11.8 Å². The van der Waals surface area contributed by atoms with Crippen LogP contribution in [0.25, 0.3) is 0 Å². The van der Waals surface area contributed by atoms with E-state index >= 15 is 0 Å². The number of phenols is 1. The molecule has 0 bridgehead atoms. The lowest BCUT2D eigenvalue weighted by Gasteiger charge is -2.50. The molecule has 10 nitrogen and oxygen atoms in total. The topological polar surface area (TPSA) is 171 Å². The molecule has 4 atom stereocenters. The van der Waals surface area contributed by atoms with Gasteiger partial charge in [-0.25, -0.2) is 0 Å². The molecule has 6 N–H and O–H groups in total. The maximum Gasteiger partial charge on any atom is 0.255 e. The number of nitrogens with two attached hydrogens (primary N) is 1. The number of ketones is 2. The molecule has 2 aromatic carbocycles. The van der Waals surface area contributed by atoms with Crippen LogP contribution in [0, 0.1) is 23.7 Å². The summed E-state index contributed by atoms with van der Waals surface area (Å²) >= 11 is 0. The third-order valence-electron chi connectivity index (χ3n) is 8.63. The lowest BCUT2D eigenvalue weighted by Crippen LogP contribution is -2.63. The number of nitrogens with zero attached hydrogens (tertiary/aromatic N) is 1. The minimum atomic E-state index is -2.68. The van der Waals surface area contributed by atoms with Gasteiger partial charge >= 0.3 is 0 Å². The Morgan fingerprint density at radius 3 is 2.38 bits per heavy atom. The number of rotatable bonds is 4. The Hall–Kier alpha value is -4.59. The van der Waals surface area contributed by atoms with Crippen LogP contribution in [0.3, 0.4) is 0 Å². The number of carbonyl (C=O) groups excluding carboxylic acids is 3. The van der Waals surface area contributed by atoms with Crippen molar-refractivity contribution in [1.29, 1.82) is 0 Å². The zero-order chi connectivity index (χ0) is 30.7. The largest absolute Gasteiger partial charge is 0.510 e. The molecule has 3 aliphatic rings. The first kappa shape index (κ1) is 28.9. The molecule has 0 fully saturated rings. The summed E-state index contributed by atoms with van der Waals surface area (Å²) in [6.07, 6.45) is 0.800. The predicted molar refractivity (Wildman–Crippen MR) is 152 cm³/mol. The molecule has 0 heterocycles. The van der Waals surface area contributed by atoms with Gasteiger partial charge in [-0.1, -0.05) is 18.8 Å². The molecule has 0 aliphatic heterocycles. The molecular formula is C32H32N2O8. The van der Waals surface area contributed by atoms with Crippen molar-refractivity contribution in [2.45, 2.75) is 37.8 Å². The summed E-state index contributed by atoms with van der Waals surface area (Å²) in [5.74, 6) is -0.254. The smallest absolute Gasteiger partial charge is 0.255 e. The number of aliphatic hydroxyl groups excluding tert-OH is 2. The second kappa shape index (κ2) is 10.4. The number of carbonyl (C=O) groups is 3. The minimum absolute atomic E-state index is 0.0364. The van der Waals surface area contributed by atoms with Gasteiger partial charge in [-0.15, -0.1) is 0 Å². The summed E-state index contributed by atoms with van der Waals surface area (Å²) < 4.78 is 5.17. The normalized spacial score (nSPS) is 25.0. The number of aliphatic hydroxyl groups is 3. The van der Waals surface area contributed by atoms with E-state index in [-0.39, 0.29) is 35.3 Å². The van der Waals surface area contributed by atoms with Gasteiger partial charge in [0.25, 0.3) is 5.91 Å². The molecule has 1 amide bonds. The van der Waals surface area contributed by atoms with Crippen molar-refractivity contribution in [3.63, 3.8) is 0 Å². The molecule has 218 valence electrons. The van der Waals surface area contributed by atoms with Crippen molar-refractivity contribution in [1.82, 2.24) is 4.90 Å². The number of methoxy groups -OCH3 is 1. The fourth-order valence-electron chi connectivity index (χ4n) is 6.62. The Balaban J connectivity index is 1.66. The molecule has 10 heteroatoms. The number of phenolic OH excluding ortho intramolecular Hbond substituents is 1. The predicted octanol–water partition coefficient (Wildman–Crippen LogP) is 2.09. The van der Waals surface area contributed by atoms with Crippen LogP contribution in [0.2, 0.25) is 0 Å². The van der Waals surface area contributed by atoms with E-state index in [1.165, 1.54) is 4.90 Å². The van der Waals surface area contributed by atoms with Crippen LogP contribution in [-0.2, 0) is 22.4 Å². The Morgan fingerprint density at radius 1 is 1.14 bits per heavy atom. The zero-order valence-electron chi connectivity index (χ0n) is 23.7. The van der Waals surface area contributed by atoms with Crippen molar-refractivity contribution in [2.24, 2.45) is 17.6 Å². The van der Waals surface area contributed by atoms with Gasteiger partial charge in [-0.05, 0) is 80.7 Å². The number of fused-ring (bicyclic) bond motifs is 3. The van der Waals surface area contributed by atoms with Crippen molar-refractivity contribution >= 4 is 17.5 Å². The number of benzene rings is 2. The van der Waals surface area contributed by atoms with E-state index in [1.54, 1.807) is 51.5 Å². The second-order valence-corrected chi connectivity index (χ2v) is 11.1. The van der Waals surface area contributed by atoms with E-state index < -0.39 is 58.0 Å². The Labute approximate surface area is 242 Å². The number of allylic oxidation sites excluding steroid dienone is 1. The summed E-state index contributed by atoms with van der Waals surface area (Å²) in [6.45, 7) is 1.91. The number of likely N-dealkylation sites (N-methyl/N-ethyl adjacent to an activating group) is 1. The highest BCUT2D eigenvalue weighted by molar-refractivity contribution is 6.24. The third-order valence-corrected chi connectivity index (χ3v) is 8.63. The summed E-state index contributed by atoms with van der Waals surface area (Å²) in [4.78, 5) is 41.2. The monoisotopic (exact) mass is 572 g/mol. The van der Waals surface area contributed by atoms with Gasteiger partial charge in [-0.3, -0.25) is 19.3 Å². The zero-order valence-corrected chi connectivity index (χ0v) is 23.7. The summed E-state index contributed by atoms with van der Waals surface area (Å²) in [6, 6.07) is 7.72. The number of aromatic hydroxyl groups is 1. The van der Waals surface area contributed by atoms with E-state index in [1.807, 2.05) is 6.92 Å². The van der Waals surface area contributed by atoms with E-state index in [9.17, 15) is 34.8 Å². The fraction of sp³-hybridized carbons (Fsp3) is 0.344. The molecule has 0 saturated heterocycles. The third kappa shape index (κ3) is 4.16. The summed E-state index contributed by atoms with van der Waals surface area (Å²) in [5.41, 5.74) is 3.88. The van der Waals surface area contributed by atoms with E-state index in [0.717, 1.165) is 5.56 Å². The van der Waals surface area contributed by atoms with Gasteiger partial charge < -0.3 is 30.9 Å². The Bertz CT molecular complexity index is 1660. The number of Topliss-reactive ketones (excluding diaryl/α,β-unsaturated/α-hetero) is 2. The van der Waals surface area contributed by atoms with Crippen LogP contribution >= 0.6 is 0 Å². The first-order chi connectivity index (χ1) is 19.9. The van der Waals surface area contributed by atoms with Crippen molar-refractivity contribution in [3.8, 4) is 23.3 Å². The SMILES string of the molecule is CCc1cc(C#Cc2ccc(OC)cc2)c(O)c2c1C[C@H]1C[C@H]3[C@@H](N(C)C)C(O)=C(C(N)=O)C(=O)[C@@]3(O)C(O)=C1C2=O. The minimum Gasteiger partial charge on any atom is -0.510 e. The van der Waals surface area contributed by atoms with Crippen LogP contribution in [0.1, 0.15) is 46.0 Å². The molecule has 0 saturated carbocycles. The van der Waals surface area contributed by atoms with Gasteiger partial charge in [0.1, 0.15) is 28.6 Å². The average molecular weight is 573 g/mol. The van der Waals surface area contributed by atoms with Crippen LogP contribution < -0.4 is 10.5 Å². The van der Waals surface area contributed by atoms with Gasteiger partial charge in [0.2, 0.25) is 5.78 Å². The molecule has 5 rings (SSSR count). The highest BCUT2D eigenvalue weighted by Crippen LogP contribution is 2.52. The number of primary amides is 1. The second-order valence-electron chi connectivity index (χ2n) is 11.1. The van der Waals surface area contributed by atoms with Crippen molar-refractivity contribution in [2.75, 3.05) is 21.2 Å². The van der Waals surface area contributed by atoms with Gasteiger partial charge in [-0.2, -0.15) is 0 Å². The number of aryl methyl sites for hydroxylation is 1. The Morgan fingerprint density at radius 2 is 1.81 bits per heavy atom. The van der Waals surface area contributed by atoms with Gasteiger partial charge in [0.15, 0.2) is 11.4 Å². The maximum absolute atomic E-state index is 14.0. The van der Waals surface area contributed by atoms with Crippen LogP contribution in [0.4, 0.5) is 0 Å². The molecule has 2 aromatic rings. The van der Waals surface area contributed by atoms with Gasteiger partial charge in [0, 0.05) is 17.1 Å². The highest BCUT2D eigenvalue weighted by Gasteiger charge is 2.63. The first-order valence-corrected chi connectivity index (χ1v) is 13.5. The highest BCUT2D eigenvalue weighted by atomic mass is 16.5. The lowest BCUT2D eigenvalue weighted by atomic mass is 9.58. The standard InChI is InChI=1S/C32H32N2O8/c1-5-16-12-17(9-6-15-7-10-19(42-4)11-8-15)26(35)23-20(16)13-18-14-21-25(34(2)3)28(37)24(31(33)40)30(39)32(21,41)29(38)22(18)27(23)36/h7-8,10-12,18,21,25,35,37-38,41H,5,13-14H2,1-4H3,(H2,33,40)/t18-,21-,25+,32-/m0/s1. The van der Waals surface area contributed by atoms with Crippen molar-refractivity contribution < 1.29 is 39.5 Å². The number of hydrogen-bond donors (Lipinski definition) is 5. The summed E-state index contributed by atoms with van der Waals surface area (Å²) in [7, 11) is 4.74. The molecular weight excluding hydrogens is 540 g/mol. The van der Waals surface area contributed by atoms with Crippen LogP contribution in [0.5, 0.6) is 11.5 Å². The van der Waals surface area contributed by atoms with E-state index in [0.29, 0.717) is 23.3 Å². The van der Waals surface area contributed by atoms with Gasteiger partial charge in [0.05, 0.1) is 24.3 Å². The average Bonchev–Trinajstić information content (AvgIpc) is 2.94. The quantitative estimate of drug-likeness (QED) is 0.272. The van der Waals surface area contributed by atoms with Crippen LogP contribution in [-0.4, -0.2) is 75.6 Å². The summed E-state index contributed by atoms with van der Waals surface area (Å²) in [5, 5.41) is 45.4. The first-order valence-electron chi connectivity index (χ1n) is 13.5. The van der Waals surface area contributed by atoms with E-state index in [4.69, 9.17) is 10.5 Å². The number of ether oxygens (including phenoxy) is 1. The molecule has 0 unspecified atom stereocenters. The molecule has 0 aromatic heterocycles. The number of hydrogen-bond acceptors (Lipinski definition) is 9. The molecule has 0 spiro atoms. The lowest BCUT2D eigenvalue weighted by molar-refractivity contribution is -0.148.